The summed E-state index contributed by atoms with van der Waals surface area (Å²) >= 11 is 0. The maximum Gasteiger partial charge on any atom is 0.191 e. The number of guanidine groups is 1. The van der Waals surface area contributed by atoms with Gasteiger partial charge in [0.15, 0.2) is 5.96 Å². The first-order chi connectivity index (χ1) is 12.3. The quantitative estimate of drug-likeness (QED) is 0.250. The highest BCUT2D eigenvalue weighted by Crippen LogP contribution is 2.16. The first-order valence-electron chi connectivity index (χ1n) is 9.95. The second-order valence-corrected chi connectivity index (χ2v) is 6.85. The summed E-state index contributed by atoms with van der Waals surface area (Å²) in [6.45, 7) is 9.61. The van der Waals surface area contributed by atoms with Crippen molar-refractivity contribution in [1.82, 2.24) is 20.5 Å². The van der Waals surface area contributed by atoms with Crippen molar-refractivity contribution < 1.29 is 0 Å². The Kier molecular flexibility index (Phi) is 12.6. The Morgan fingerprint density at radius 2 is 2.15 bits per heavy atom. The van der Waals surface area contributed by atoms with Gasteiger partial charge in [0.2, 0.25) is 0 Å². The van der Waals surface area contributed by atoms with Gasteiger partial charge in [0.05, 0.1) is 0 Å². The average Bonchev–Trinajstić information content (AvgIpc) is 2.64. The predicted octanol–water partition coefficient (Wildman–Crippen LogP) is 3.45. The van der Waals surface area contributed by atoms with Crippen LogP contribution >= 0.6 is 24.0 Å². The van der Waals surface area contributed by atoms with Gasteiger partial charge < -0.3 is 15.5 Å². The Bertz CT molecular complexity index is 494. The molecule has 1 aliphatic heterocycles. The lowest BCUT2D eigenvalue weighted by molar-refractivity contribution is 0.158. The lowest BCUT2D eigenvalue weighted by Crippen LogP contribution is -2.38. The van der Waals surface area contributed by atoms with Crippen molar-refractivity contribution in [1.29, 1.82) is 0 Å². The molecule has 1 aromatic heterocycles. The van der Waals surface area contributed by atoms with Crippen molar-refractivity contribution in [3.05, 3.63) is 30.1 Å². The Balaban J connectivity index is 0.00000338. The highest BCUT2D eigenvalue weighted by Gasteiger charge is 2.16. The third-order valence-corrected chi connectivity index (χ3v) is 4.81. The summed E-state index contributed by atoms with van der Waals surface area (Å²) in [5.74, 6) is 0.921. The zero-order chi connectivity index (χ0) is 17.7. The summed E-state index contributed by atoms with van der Waals surface area (Å²) in [5.41, 5.74) is 1.11. The van der Waals surface area contributed by atoms with Gasteiger partial charge in [0.25, 0.3) is 0 Å². The zero-order valence-electron chi connectivity index (χ0n) is 16.4. The van der Waals surface area contributed by atoms with Crippen molar-refractivity contribution in [3.63, 3.8) is 0 Å². The number of aliphatic imine (C=N–C) groups is 1. The number of nitrogens with zero attached hydrogens (tertiary/aromatic N) is 3. The fourth-order valence-electron chi connectivity index (χ4n) is 3.30. The van der Waals surface area contributed by atoms with Crippen LogP contribution in [0.5, 0.6) is 0 Å². The molecule has 0 spiro atoms. The molecule has 0 saturated carbocycles. The van der Waals surface area contributed by atoms with Crippen LogP contribution in [-0.4, -0.2) is 54.6 Å². The second-order valence-electron chi connectivity index (χ2n) is 6.85. The largest absolute Gasteiger partial charge is 0.357 e. The number of likely N-dealkylation sites (tertiary alicyclic amines) is 1. The van der Waals surface area contributed by atoms with E-state index in [4.69, 9.17) is 4.99 Å². The summed E-state index contributed by atoms with van der Waals surface area (Å²) in [6.07, 6.45) is 9.28. The van der Waals surface area contributed by atoms with E-state index in [-0.39, 0.29) is 24.0 Å². The van der Waals surface area contributed by atoms with E-state index >= 15 is 0 Å². The van der Waals surface area contributed by atoms with Gasteiger partial charge in [-0.05, 0) is 64.8 Å². The molecule has 148 valence electrons. The molecule has 1 saturated heterocycles. The molecule has 0 aliphatic carbocycles. The van der Waals surface area contributed by atoms with E-state index in [9.17, 15) is 0 Å². The second kappa shape index (κ2) is 14.2. The Morgan fingerprint density at radius 3 is 2.88 bits per heavy atom. The number of nitrogens with one attached hydrogen (secondary N) is 2. The molecule has 26 heavy (non-hydrogen) atoms. The van der Waals surface area contributed by atoms with Crippen LogP contribution in [-0.2, 0) is 6.42 Å². The van der Waals surface area contributed by atoms with E-state index in [1.54, 1.807) is 0 Å². The molecule has 2 N–H and O–H groups in total. The molecule has 5 nitrogen and oxygen atoms in total. The number of hydrogen-bond donors (Lipinski definition) is 2. The first-order valence-corrected chi connectivity index (χ1v) is 9.95. The van der Waals surface area contributed by atoms with E-state index in [1.165, 1.54) is 38.8 Å². The van der Waals surface area contributed by atoms with Gasteiger partial charge in [0.1, 0.15) is 0 Å². The molecule has 1 aromatic rings. The van der Waals surface area contributed by atoms with Gasteiger partial charge in [-0.2, -0.15) is 0 Å². The molecule has 0 aromatic carbocycles. The van der Waals surface area contributed by atoms with E-state index in [2.05, 4.69) is 40.4 Å². The Labute approximate surface area is 176 Å². The number of aromatic nitrogens is 1. The number of halogens is 1. The molecule has 6 heteroatoms. The topological polar surface area (TPSA) is 52.6 Å². The standard InChI is InChI=1S/C20H35N5.HI/c1-3-21-20(24-15-12-19-11-4-6-13-22-19)23-14-7-9-17-25-16-8-5-10-18(25)2;/h4,6,11,13,18H,3,5,7-10,12,14-17H2,1-2H3,(H2,21,23,24);1H. The van der Waals surface area contributed by atoms with Crippen molar-refractivity contribution in [2.45, 2.75) is 58.4 Å². The van der Waals surface area contributed by atoms with E-state index in [1.807, 2.05) is 18.3 Å². The minimum Gasteiger partial charge on any atom is -0.357 e. The predicted molar refractivity (Wildman–Crippen MR) is 121 cm³/mol. The van der Waals surface area contributed by atoms with Crippen LogP contribution in [0.4, 0.5) is 0 Å². The molecular weight excluding hydrogens is 437 g/mol. The summed E-state index contributed by atoms with van der Waals surface area (Å²) in [4.78, 5) is 11.7. The van der Waals surface area contributed by atoms with Gasteiger partial charge in [-0.15, -0.1) is 24.0 Å². The van der Waals surface area contributed by atoms with Gasteiger partial charge in [-0.25, -0.2) is 0 Å². The Hall–Kier alpha value is -0.890. The third kappa shape index (κ3) is 9.16. The van der Waals surface area contributed by atoms with Crippen LogP contribution in [0.2, 0.25) is 0 Å². The zero-order valence-corrected chi connectivity index (χ0v) is 18.7. The van der Waals surface area contributed by atoms with Gasteiger partial charge in [0, 0.05) is 44.0 Å². The molecule has 0 radical (unpaired) electrons. The average molecular weight is 473 g/mol. The lowest BCUT2D eigenvalue weighted by atomic mass is 10.0. The smallest absolute Gasteiger partial charge is 0.191 e. The van der Waals surface area contributed by atoms with E-state index in [0.29, 0.717) is 0 Å². The first kappa shape index (κ1) is 23.1. The van der Waals surface area contributed by atoms with Crippen molar-refractivity contribution in [2.75, 3.05) is 32.7 Å². The van der Waals surface area contributed by atoms with E-state index < -0.39 is 0 Å². The van der Waals surface area contributed by atoms with Crippen LogP contribution in [0.3, 0.4) is 0 Å². The molecule has 1 aliphatic rings. The number of piperidine rings is 1. The monoisotopic (exact) mass is 473 g/mol. The molecule has 0 amide bonds. The molecule has 0 bridgehead atoms. The van der Waals surface area contributed by atoms with Crippen molar-refractivity contribution in [2.24, 2.45) is 4.99 Å². The summed E-state index contributed by atoms with van der Waals surface area (Å²) in [5, 5.41) is 6.73. The minimum absolute atomic E-state index is 0. The highest BCUT2D eigenvalue weighted by molar-refractivity contribution is 14.0. The van der Waals surface area contributed by atoms with Crippen LogP contribution in [0, 0.1) is 0 Å². The van der Waals surface area contributed by atoms with Crippen molar-refractivity contribution >= 4 is 29.9 Å². The SMILES string of the molecule is CCNC(=NCCCCN1CCCCC1C)NCCc1ccccn1.I. The molecular formula is C20H36IN5. The minimum atomic E-state index is 0. The fourth-order valence-corrected chi connectivity index (χ4v) is 3.30. The summed E-state index contributed by atoms with van der Waals surface area (Å²) in [7, 11) is 0. The number of pyridine rings is 1. The highest BCUT2D eigenvalue weighted by atomic mass is 127. The van der Waals surface area contributed by atoms with Crippen LogP contribution < -0.4 is 10.6 Å². The number of rotatable bonds is 9. The normalized spacial score (nSPS) is 18.2. The number of hydrogen-bond acceptors (Lipinski definition) is 3. The number of unbranched alkanes of at least 4 members (excludes halogenated alkanes) is 1. The lowest BCUT2D eigenvalue weighted by Gasteiger charge is -2.33. The van der Waals surface area contributed by atoms with Crippen LogP contribution in [0.25, 0.3) is 0 Å². The van der Waals surface area contributed by atoms with Gasteiger partial charge in [-0.3, -0.25) is 9.98 Å². The Morgan fingerprint density at radius 1 is 1.27 bits per heavy atom. The molecule has 2 rings (SSSR count). The van der Waals surface area contributed by atoms with Crippen LogP contribution in [0.1, 0.15) is 51.6 Å². The molecule has 1 fully saturated rings. The van der Waals surface area contributed by atoms with Crippen molar-refractivity contribution in [3.8, 4) is 0 Å². The molecule has 2 heterocycles. The molecule has 1 unspecified atom stereocenters. The maximum atomic E-state index is 4.70. The maximum absolute atomic E-state index is 4.70. The molecule has 1 atom stereocenters. The fraction of sp³-hybridized carbons (Fsp3) is 0.700. The summed E-state index contributed by atoms with van der Waals surface area (Å²) < 4.78 is 0. The summed E-state index contributed by atoms with van der Waals surface area (Å²) in [6, 6.07) is 6.81. The van der Waals surface area contributed by atoms with E-state index in [0.717, 1.165) is 50.2 Å². The van der Waals surface area contributed by atoms with Gasteiger partial charge in [-0.1, -0.05) is 12.5 Å². The third-order valence-electron chi connectivity index (χ3n) is 4.81. The van der Waals surface area contributed by atoms with Crippen LogP contribution in [0.15, 0.2) is 29.4 Å². The van der Waals surface area contributed by atoms with Gasteiger partial charge >= 0.3 is 0 Å².